The van der Waals surface area contributed by atoms with Crippen LogP contribution in [0.3, 0.4) is 0 Å². The molecule has 0 amide bonds. The Labute approximate surface area is 231 Å². The molecule has 0 saturated carbocycles. The first kappa shape index (κ1) is 29.7. The Morgan fingerprint density at radius 1 is 0.974 bits per heavy atom. The second kappa shape index (κ2) is 11.5. The summed E-state index contributed by atoms with van der Waals surface area (Å²) in [6.45, 7) is 12.9. The second-order valence-corrected chi connectivity index (χ2v) is 12.6. The van der Waals surface area contributed by atoms with Gasteiger partial charge in [-0.1, -0.05) is 54.1 Å². The van der Waals surface area contributed by atoms with E-state index in [1.165, 1.54) is 0 Å². The second-order valence-electron chi connectivity index (χ2n) is 12.1. The molecule has 206 valence electrons. The van der Waals surface area contributed by atoms with Crippen LogP contribution in [0.4, 0.5) is 0 Å². The first-order chi connectivity index (χ1) is 17.6. The van der Waals surface area contributed by atoms with Crippen molar-refractivity contribution in [2.75, 3.05) is 6.54 Å². The first-order valence-corrected chi connectivity index (χ1v) is 13.4. The summed E-state index contributed by atoms with van der Waals surface area (Å²) in [6, 6.07) is 17.0. The topological polar surface area (TPSA) is 84.9 Å². The Hall–Kier alpha value is -2.83. The molecule has 2 aromatic rings. The van der Waals surface area contributed by atoms with Crippen LogP contribution in [0, 0.1) is 5.92 Å². The molecule has 0 radical (unpaired) electrons. The van der Waals surface area contributed by atoms with Crippen LogP contribution in [0.1, 0.15) is 71.9 Å². The van der Waals surface area contributed by atoms with E-state index in [0.29, 0.717) is 28.4 Å². The highest BCUT2D eigenvalue weighted by Crippen LogP contribution is 2.48. The minimum atomic E-state index is -1.51. The predicted octanol–water partition coefficient (Wildman–Crippen LogP) is 5.96. The van der Waals surface area contributed by atoms with Gasteiger partial charge < -0.3 is 19.9 Å². The average Bonchev–Trinajstić information content (AvgIpc) is 2.76. The number of carbonyl (C=O) groups excluding carboxylic acids is 2. The van der Waals surface area contributed by atoms with Crippen molar-refractivity contribution in [1.29, 1.82) is 0 Å². The normalized spacial score (nSPS) is 22.1. The summed E-state index contributed by atoms with van der Waals surface area (Å²) in [6.07, 6.45) is 0.777. The molecule has 0 saturated heterocycles. The Morgan fingerprint density at radius 2 is 1.55 bits per heavy atom. The Balaban J connectivity index is 2.15. The van der Waals surface area contributed by atoms with Gasteiger partial charge in [0.2, 0.25) is 0 Å². The number of ether oxygens (including phenoxy) is 2. The number of esters is 2. The Morgan fingerprint density at radius 3 is 2.11 bits per heavy atom. The summed E-state index contributed by atoms with van der Waals surface area (Å²) in [5.74, 6) is -2.99. The van der Waals surface area contributed by atoms with Gasteiger partial charge in [0.05, 0.1) is 17.1 Å². The monoisotopic (exact) mass is 541 g/mol. The molecular weight excluding hydrogens is 502 g/mol. The third kappa shape index (κ3) is 7.84. The quantitative estimate of drug-likeness (QED) is 0.420. The third-order valence-electron chi connectivity index (χ3n) is 6.28. The highest BCUT2D eigenvalue weighted by Gasteiger charge is 2.53. The molecule has 2 N–H and O–H groups in total. The zero-order valence-corrected chi connectivity index (χ0v) is 24.2. The van der Waals surface area contributed by atoms with Gasteiger partial charge in [0, 0.05) is 29.6 Å². The van der Waals surface area contributed by atoms with Crippen molar-refractivity contribution in [2.24, 2.45) is 5.92 Å². The molecule has 0 spiro atoms. The van der Waals surface area contributed by atoms with E-state index in [1.54, 1.807) is 72.7 Å². The molecule has 0 aliphatic heterocycles. The van der Waals surface area contributed by atoms with Crippen molar-refractivity contribution >= 4 is 23.5 Å². The van der Waals surface area contributed by atoms with E-state index in [9.17, 15) is 14.7 Å². The molecule has 0 heterocycles. The fraction of sp³-hybridized carbons (Fsp3) is 0.484. The maximum atomic E-state index is 13.8. The minimum absolute atomic E-state index is 0.0599. The van der Waals surface area contributed by atoms with Crippen LogP contribution < -0.4 is 5.32 Å². The molecule has 7 heteroatoms. The fourth-order valence-corrected chi connectivity index (χ4v) is 4.93. The van der Waals surface area contributed by atoms with Crippen LogP contribution >= 0.6 is 11.6 Å². The van der Waals surface area contributed by atoms with Gasteiger partial charge in [-0.05, 0) is 78.1 Å². The standard InChI is InChI=1S/C31H40ClNO5/c1-29(2,3)37-27(34)25-23(33-18-17-20-11-9-8-10-12-20)19-31(7,36)26(28(35)38-30(4,5)6)24(25)21-13-15-22(32)16-14-21/h8-16,24,26,33,36H,17-19H2,1-7H3/t24-,26+,31+/m1/s1. The smallest absolute Gasteiger partial charge is 0.336 e. The molecule has 1 aliphatic carbocycles. The molecule has 3 rings (SSSR count). The van der Waals surface area contributed by atoms with Crippen LogP contribution in [0.5, 0.6) is 0 Å². The van der Waals surface area contributed by atoms with E-state index in [2.05, 4.69) is 5.32 Å². The number of hydrogen-bond donors (Lipinski definition) is 2. The lowest BCUT2D eigenvalue weighted by Crippen LogP contribution is -2.52. The van der Waals surface area contributed by atoms with Crippen LogP contribution in [0.15, 0.2) is 65.9 Å². The summed E-state index contributed by atoms with van der Waals surface area (Å²) in [5, 5.41) is 15.7. The van der Waals surface area contributed by atoms with Gasteiger partial charge in [0.1, 0.15) is 11.2 Å². The van der Waals surface area contributed by atoms with Crippen LogP contribution in [0.2, 0.25) is 5.02 Å². The lowest BCUT2D eigenvalue weighted by Gasteiger charge is -2.44. The van der Waals surface area contributed by atoms with E-state index >= 15 is 0 Å². The highest BCUT2D eigenvalue weighted by atomic mass is 35.5. The average molecular weight is 542 g/mol. The van der Waals surface area contributed by atoms with Crippen molar-refractivity contribution in [1.82, 2.24) is 5.32 Å². The van der Waals surface area contributed by atoms with Crippen molar-refractivity contribution < 1.29 is 24.2 Å². The maximum absolute atomic E-state index is 13.8. The van der Waals surface area contributed by atoms with E-state index in [4.69, 9.17) is 21.1 Å². The number of aliphatic hydroxyl groups is 1. The van der Waals surface area contributed by atoms with E-state index < -0.39 is 40.6 Å². The summed E-state index contributed by atoms with van der Waals surface area (Å²) < 4.78 is 11.6. The van der Waals surface area contributed by atoms with Gasteiger partial charge in [0.15, 0.2) is 0 Å². The van der Waals surface area contributed by atoms with E-state index in [1.807, 2.05) is 30.3 Å². The molecule has 3 atom stereocenters. The Bertz CT molecular complexity index is 1160. The number of nitrogens with one attached hydrogen (secondary N) is 1. The summed E-state index contributed by atoms with van der Waals surface area (Å²) in [4.78, 5) is 27.4. The first-order valence-electron chi connectivity index (χ1n) is 13.0. The van der Waals surface area contributed by atoms with Crippen LogP contribution in [0.25, 0.3) is 0 Å². The number of benzene rings is 2. The molecule has 0 fully saturated rings. The number of hydrogen-bond acceptors (Lipinski definition) is 6. The maximum Gasteiger partial charge on any atom is 0.336 e. The summed E-state index contributed by atoms with van der Waals surface area (Å²) in [7, 11) is 0. The van der Waals surface area contributed by atoms with Crippen molar-refractivity contribution in [2.45, 2.75) is 84.0 Å². The zero-order valence-electron chi connectivity index (χ0n) is 23.4. The van der Waals surface area contributed by atoms with Gasteiger partial charge in [-0.2, -0.15) is 0 Å². The van der Waals surface area contributed by atoms with Gasteiger partial charge in [-0.25, -0.2) is 4.79 Å². The lowest BCUT2D eigenvalue weighted by atomic mass is 9.65. The molecule has 2 aromatic carbocycles. The largest absolute Gasteiger partial charge is 0.460 e. The SMILES string of the molecule is CC(C)(C)OC(=O)C1=C(NCCc2ccccc2)C[C@](C)(O)[C@H](C(=O)OC(C)(C)C)[C@@H]1c1ccc(Cl)cc1. The zero-order chi connectivity index (χ0) is 28.3. The summed E-state index contributed by atoms with van der Waals surface area (Å²) >= 11 is 6.18. The predicted molar refractivity (Wildman–Crippen MR) is 150 cm³/mol. The molecule has 0 bridgehead atoms. The molecular formula is C31H40ClNO5. The fourth-order valence-electron chi connectivity index (χ4n) is 4.80. The molecule has 38 heavy (non-hydrogen) atoms. The molecule has 0 unspecified atom stereocenters. The number of halogens is 1. The van der Waals surface area contributed by atoms with Gasteiger partial charge >= 0.3 is 11.9 Å². The third-order valence-corrected chi connectivity index (χ3v) is 6.53. The van der Waals surface area contributed by atoms with E-state index in [0.717, 1.165) is 12.0 Å². The van der Waals surface area contributed by atoms with Crippen molar-refractivity contribution in [3.05, 3.63) is 82.0 Å². The highest BCUT2D eigenvalue weighted by molar-refractivity contribution is 6.30. The van der Waals surface area contributed by atoms with Gasteiger partial charge in [0.25, 0.3) is 0 Å². The lowest BCUT2D eigenvalue weighted by molar-refractivity contribution is -0.171. The van der Waals surface area contributed by atoms with Crippen molar-refractivity contribution in [3.63, 3.8) is 0 Å². The van der Waals surface area contributed by atoms with Gasteiger partial charge in [-0.15, -0.1) is 0 Å². The van der Waals surface area contributed by atoms with Crippen molar-refractivity contribution in [3.8, 4) is 0 Å². The van der Waals surface area contributed by atoms with Crippen LogP contribution in [-0.2, 0) is 25.5 Å². The molecule has 0 aromatic heterocycles. The number of rotatable bonds is 7. The minimum Gasteiger partial charge on any atom is -0.460 e. The van der Waals surface area contributed by atoms with E-state index in [-0.39, 0.29) is 6.42 Å². The van der Waals surface area contributed by atoms with Gasteiger partial charge in [-0.3, -0.25) is 4.79 Å². The molecule has 6 nitrogen and oxygen atoms in total. The van der Waals surface area contributed by atoms with Crippen LogP contribution in [-0.4, -0.2) is 40.4 Å². The summed E-state index contributed by atoms with van der Waals surface area (Å²) in [5.41, 5.74) is -0.367. The number of carbonyl (C=O) groups is 2. The molecule has 1 aliphatic rings. The Kier molecular flexibility index (Phi) is 9.00.